The van der Waals surface area contributed by atoms with Crippen molar-refractivity contribution in [3.05, 3.63) is 80.9 Å². The second-order valence-corrected chi connectivity index (χ2v) is 8.90. The molecule has 1 saturated heterocycles. The molecule has 1 aliphatic rings. The lowest BCUT2D eigenvalue weighted by Gasteiger charge is -2.15. The number of nitrogens with one attached hydrogen (secondary N) is 1. The number of furan rings is 1. The Hall–Kier alpha value is -3.76. The van der Waals surface area contributed by atoms with Gasteiger partial charge in [-0.3, -0.25) is 24.6 Å². The van der Waals surface area contributed by atoms with Crippen LogP contribution in [0.2, 0.25) is 0 Å². The molecule has 166 valence electrons. The van der Waals surface area contributed by atoms with Gasteiger partial charge in [0.1, 0.15) is 11.5 Å². The average Bonchev–Trinajstić information content (AvgIpc) is 3.32. The number of aryl methyl sites for hydroxylation is 1. The van der Waals surface area contributed by atoms with E-state index in [1.165, 1.54) is 17.9 Å². The standard InChI is InChI=1S/C23H17N3O5S2/c1-13-3-9-18(19(11-13)26(29)30)20-10-8-17(31-20)12-21-22(28)25(23(32)33-21)16-6-4-15(5-7-16)24-14(2)27/h3-12H,1-2H3,(H,24,27)/b21-12+. The molecule has 0 unspecified atom stereocenters. The minimum Gasteiger partial charge on any atom is -0.456 e. The van der Waals surface area contributed by atoms with Crippen molar-refractivity contribution in [2.45, 2.75) is 13.8 Å². The van der Waals surface area contributed by atoms with Gasteiger partial charge in [-0.15, -0.1) is 0 Å². The lowest BCUT2D eigenvalue weighted by Crippen LogP contribution is -2.27. The van der Waals surface area contributed by atoms with E-state index in [0.717, 1.165) is 17.3 Å². The predicted molar refractivity (Wildman–Crippen MR) is 132 cm³/mol. The maximum atomic E-state index is 13.0. The van der Waals surface area contributed by atoms with E-state index in [4.69, 9.17) is 16.6 Å². The summed E-state index contributed by atoms with van der Waals surface area (Å²) in [4.78, 5) is 36.9. The summed E-state index contributed by atoms with van der Waals surface area (Å²) < 4.78 is 6.15. The second-order valence-electron chi connectivity index (χ2n) is 7.22. The SMILES string of the molecule is CC(=O)Nc1ccc(N2C(=O)/C(=C\c3ccc(-c4ccc(C)cc4[N+](=O)[O-])o3)SC2=S)cc1. The van der Waals surface area contributed by atoms with Gasteiger partial charge in [0.05, 0.1) is 21.1 Å². The molecular formula is C23H17N3O5S2. The molecule has 2 aromatic carbocycles. The summed E-state index contributed by atoms with van der Waals surface area (Å²) >= 11 is 6.52. The Morgan fingerprint density at radius 1 is 1.18 bits per heavy atom. The van der Waals surface area contributed by atoms with Crippen LogP contribution in [-0.2, 0) is 9.59 Å². The highest BCUT2D eigenvalue weighted by atomic mass is 32.2. The molecule has 0 spiro atoms. The van der Waals surface area contributed by atoms with Crippen LogP contribution in [0.3, 0.4) is 0 Å². The molecule has 0 aliphatic carbocycles. The average molecular weight is 480 g/mol. The number of rotatable bonds is 5. The van der Waals surface area contributed by atoms with Crippen LogP contribution >= 0.6 is 24.0 Å². The van der Waals surface area contributed by atoms with Crippen LogP contribution < -0.4 is 10.2 Å². The molecule has 1 fully saturated rings. The van der Waals surface area contributed by atoms with Crippen molar-refractivity contribution in [1.82, 2.24) is 0 Å². The number of carbonyl (C=O) groups is 2. The van der Waals surface area contributed by atoms with E-state index >= 15 is 0 Å². The van der Waals surface area contributed by atoms with E-state index in [2.05, 4.69) is 5.32 Å². The van der Waals surface area contributed by atoms with E-state index in [1.54, 1.807) is 61.5 Å². The topological polar surface area (TPSA) is 106 Å². The monoisotopic (exact) mass is 479 g/mol. The minimum atomic E-state index is -0.452. The first-order valence-corrected chi connectivity index (χ1v) is 11.0. The second kappa shape index (κ2) is 9.00. The first-order valence-electron chi connectivity index (χ1n) is 9.74. The Morgan fingerprint density at radius 3 is 2.58 bits per heavy atom. The molecule has 1 N–H and O–H groups in total. The Bertz CT molecular complexity index is 1330. The maximum Gasteiger partial charge on any atom is 0.280 e. The van der Waals surface area contributed by atoms with Gasteiger partial charge in [0.25, 0.3) is 11.6 Å². The quantitative estimate of drug-likeness (QED) is 0.222. The number of hydrogen-bond donors (Lipinski definition) is 1. The van der Waals surface area contributed by atoms with Gasteiger partial charge in [0.15, 0.2) is 4.32 Å². The van der Waals surface area contributed by atoms with Crippen molar-refractivity contribution >= 4 is 63.3 Å². The van der Waals surface area contributed by atoms with Crippen LogP contribution in [0.4, 0.5) is 17.1 Å². The van der Waals surface area contributed by atoms with E-state index in [-0.39, 0.29) is 17.5 Å². The molecule has 10 heteroatoms. The Balaban J connectivity index is 1.59. The van der Waals surface area contributed by atoms with Crippen LogP contribution in [-0.4, -0.2) is 21.1 Å². The highest BCUT2D eigenvalue weighted by molar-refractivity contribution is 8.27. The number of nitrogens with zero attached hydrogens (tertiary/aromatic N) is 2. The third-order valence-electron chi connectivity index (χ3n) is 4.76. The number of amides is 2. The van der Waals surface area contributed by atoms with E-state index in [1.807, 2.05) is 0 Å². The highest BCUT2D eigenvalue weighted by Crippen LogP contribution is 2.38. The number of anilines is 2. The number of hydrogen-bond acceptors (Lipinski definition) is 7. The van der Waals surface area contributed by atoms with Crippen molar-refractivity contribution in [3.8, 4) is 11.3 Å². The minimum absolute atomic E-state index is 0.0510. The van der Waals surface area contributed by atoms with E-state index in [0.29, 0.717) is 37.7 Å². The molecule has 4 rings (SSSR count). The molecule has 0 radical (unpaired) electrons. The van der Waals surface area contributed by atoms with Crippen LogP contribution in [0.15, 0.2) is 63.9 Å². The summed E-state index contributed by atoms with van der Waals surface area (Å²) in [6.07, 6.45) is 1.56. The molecule has 0 bridgehead atoms. The summed E-state index contributed by atoms with van der Waals surface area (Å²) in [7, 11) is 0. The third-order valence-corrected chi connectivity index (χ3v) is 6.06. The van der Waals surface area contributed by atoms with Gasteiger partial charge in [-0.2, -0.15) is 0 Å². The van der Waals surface area contributed by atoms with Gasteiger partial charge in [-0.05, 0) is 55.0 Å². The van der Waals surface area contributed by atoms with E-state index < -0.39 is 4.92 Å². The molecule has 0 saturated carbocycles. The summed E-state index contributed by atoms with van der Waals surface area (Å²) in [5.41, 5.74) is 2.26. The summed E-state index contributed by atoms with van der Waals surface area (Å²) in [5.74, 6) is 0.208. The lowest BCUT2D eigenvalue weighted by atomic mass is 10.1. The zero-order valence-corrected chi connectivity index (χ0v) is 19.2. The van der Waals surface area contributed by atoms with Crippen LogP contribution in [0.25, 0.3) is 17.4 Å². The van der Waals surface area contributed by atoms with Gasteiger partial charge in [-0.1, -0.05) is 30.0 Å². The van der Waals surface area contributed by atoms with Gasteiger partial charge in [-0.25, -0.2) is 0 Å². The molecule has 3 aromatic rings. The Labute approximate surface area is 198 Å². The number of carbonyl (C=O) groups excluding carboxylic acids is 2. The number of nitro groups is 1. The molecule has 2 heterocycles. The van der Waals surface area contributed by atoms with Crippen LogP contribution in [0.1, 0.15) is 18.2 Å². The number of thioether (sulfide) groups is 1. The third kappa shape index (κ3) is 4.71. The number of nitro benzene ring substituents is 1. The fourth-order valence-corrected chi connectivity index (χ4v) is 4.57. The lowest BCUT2D eigenvalue weighted by molar-refractivity contribution is -0.384. The van der Waals surface area contributed by atoms with Crippen molar-refractivity contribution in [2.24, 2.45) is 0 Å². The molecule has 1 aromatic heterocycles. The van der Waals surface area contributed by atoms with Crippen molar-refractivity contribution < 1.29 is 18.9 Å². The van der Waals surface area contributed by atoms with Gasteiger partial charge >= 0.3 is 0 Å². The van der Waals surface area contributed by atoms with Crippen molar-refractivity contribution in [3.63, 3.8) is 0 Å². The summed E-state index contributed by atoms with van der Waals surface area (Å²) in [6.45, 7) is 3.19. The molecule has 2 amide bonds. The highest BCUT2D eigenvalue weighted by Gasteiger charge is 2.33. The molecular weight excluding hydrogens is 462 g/mol. The van der Waals surface area contributed by atoms with Gasteiger partial charge in [0.2, 0.25) is 5.91 Å². The Kier molecular flexibility index (Phi) is 6.12. The largest absolute Gasteiger partial charge is 0.456 e. The fraction of sp³-hybridized carbons (Fsp3) is 0.0870. The maximum absolute atomic E-state index is 13.0. The van der Waals surface area contributed by atoms with Crippen molar-refractivity contribution in [2.75, 3.05) is 10.2 Å². The first kappa shape index (κ1) is 22.4. The van der Waals surface area contributed by atoms with Gasteiger partial charge in [0, 0.05) is 24.8 Å². The normalized spacial score (nSPS) is 14.7. The van der Waals surface area contributed by atoms with Crippen LogP contribution in [0, 0.1) is 17.0 Å². The smallest absolute Gasteiger partial charge is 0.280 e. The van der Waals surface area contributed by atoms with Gasteiger partial charge < -0.3 is 9.73 Å². The summed E-state index contributed by atoms with van der Waals surface area (Å²) in [6, 6.07) is 14.9. The fourth-order valence-electron chi connectivity index (χ4n) is 3.29. The molecule has 1 aliphatic heterocycles. The zero-order valence-electron chi connectivity index (χ0n) is 17.5. The van der Waals surface area contributed by atoms with Crippen LogP contribution in [0.5, 0.6) is 0 Å². The van der Waals surface area contributed by atoms with E-state index in [9.17, 15) is 19.7 Å². The molecule has 8 nitrogen and oxygen atoms in total. The first-order chi connectivity index (χ1) is 15.7. The molecule has 33 heavy (non-hydrogen) atoms. The molecule has 0 atom stereocenters. The summed E-state index contributed by atoms with van der Waals surface area (Å²) in [5, 5.41) is 14.1. The predicted octanol–water partition coefficient (Wildman–Crippen LogP) is 5.53. The van der Waals surface area contributed by atoms with Crippen molar-refractivity contribution in [1.29, 1.82) is 0 Å². The number of thiocarbonyl (C=S) groups is 1. The number of benzene rings is 2. The zero-order chi connectivity index (χ0) is 23.7. The Morgan fingerprint density at radius 2 is 1.91 bits per heavy atom.